The van der Waals surface area contributed by atoms with Crippen LogP contribution >= 0.6 is 0 Å². The van der Waals surface area contributed by atoms with Crippen molar-refractivity contribution < 1.29 is 17.9 Å². The number of rotatable bonds is 2. The molecule has 6 heteroatoms. The van der Waals surface area contributed by atoms with Gasteiger partial charge in [-0.05, 0) is 25.0 Å². The summed E-state index contributed by atoms with van der Waals surface area (Å²) < 4.78 is 41.0. The van der Waals surface area contributed by atoms with Gasteiger partial charge in [0, 0.05) is 19.2 Å². The Kier molecular flexibility index (Phi) is 3.32. The highest BCUT2D eigenvalue weighted by molar-refractivity contribution is 5.61. The Hall–Kier alpha value is -1.90. The second kappa shape index (κ2) is 4.77. The normalized spacial score (nSPS) is 15.6. The van der Waals surface area contributed by atoms with Crippen molar-refractivity contribution in [3.8, 4) is 11.8 Å². The maximum Gasteiger partial charge on any atom is 0.573 e. The van der Waals surface area contributed by atoms with E-state index in [4.69, 9.17) is 5.26 Å². The van der Waals surface area contributed by atoms with E-state index in [1.165, 1.54) is 12.1 Å². The Bertz CT molecular complexity index is 473. The molecule has 1 heterocycles. The van der Waals surface area contributed by atoms with Crippen molar-refractivity contribution in [2.24, 2.45) is 0 Å². The van der Waals surface area contributed by atoms with Gasteiger partial charge in [0.2, 0.25) is 0 Å². The van der Waals surface area contributed by atoms with Crippen LogP contribution in [0.25, 0.3) is 0 Å². The van der Waals surface area contributed by atoms with Gasteiger partial charge in [0.15, 0.2) is 5.75 Å². The van der Waals surface area contributed by atoms with Crippen molar-refractivity contribution in [2.45, 2.75) is 19.2 Å². The van der Waals surface area contributed by atoms with Crippen molar-refractivity contribution in [1.29, 1.82) is 5.26 Å². The molecule has 3 nitrogen and oxygen atoms in total. The molecular weight excluding hydrogens is 245 g/mol. The third-order valence-electron chi connectivity index (χ3n) is 2.76. The lowest BCUT2D eigenvalue weighted by molar-refractivity contribution is -0.274. The maximum absolute atomic E-state index is 12.3. The summed E-state index contributed by atoms with van der Waals surface area (Å²) in [7, 11) is 0. The van der Waals surface area contributed by atoms with Crippen molar-refractivity contribution in [3.63, 3.8) is 0 Å². The third kappa shape index (κ3) is 2.86. The van der Waals surface area contributed by atoms with Crippen LogP contribution in [0.3, 0.4) is 0 Å². The number of halogens is 3. The number of benzene rings is 1. The highest BCUT2D eigenvalue weighted by Crippen LogP contribution is 2.35. The molecule has 0 atom stereocenters. The Labute approximate surface area is 102 Å². The lowest BCUT2D eigenvalue weighted by atomic mass is 10.2. The van der Waals surface area contributed by atoms with E-state index in [1.54, 1.807) is 6.07 Å². The summed E-state index contributed by atoms with van der Waals surface area (Å²) in [6.45, 7) is 1.42. The van der Waals surface area contributed by atoms with Crippen molar-refractivity contribution in [2.75, 3.05) is 18.0 Å². The van der Waals surface area contributed by atoms with Crippen LogP contribution < -0.4 is 9.64 Å². The van der Waals surface area contributed by atoms with Gasteiger partial charge >= 0.3 is 6.36 Å². The molecule has 1 aromatic rings. The molecule has 0 amide bonds. The fraction of sp³-hybridized carbons (Fsp3) is 0.417. The Morgan fingerprint density at radius 2 is 1.89 bits per heavy atom. The number of hydrogen-bond donors (Lipinski definition) is 0. The molecule has 0 N–H and O–H groups in total. The molecule has 1 saturated heterocycles. The number of ether oxygens (including phenoxy) is 1. The van der Waals surface area contributed by atoms with E-state index in [2.05, 4.69) is 4.74 Å². The quantitative estimate of drug-likeness (QED) is 0.815. The zero-order chi connectivity index (χ0) is 13.2. The van der Waals surface area contributed by atoms with Gasteiger partial charge in [-0.1, -0.05) is 0 Å². The fourth-order valence-electron chi connectivity index (χ4n) is 2.01. The molecule has 0 aromatic heterocycles. The van der Waals surface area contributed by atoms with Gasteiger partial charge in [0.25, 0.3) is 0 Å². The van der Waals surface area contributed by atoms with E-state index in [9.17, 15) is 13.2 Å². The zero-order valence-electron chi connectivity index (χ0n) is 9.50. The highest BCUT2D eigenvalue weighted by atomic mass is 19.4. The second-order valence-electron chi connectivity index (χ2n) is 4.04. The largest absolute Gasteiger partial charge is 0.573 e. The Balaban J connectivity index is 2.35. The van der Waals surface area contributed by atoms with Gasteiger partial charge in [-0.2, -0.15) is 5.26 Å². The van der Waals surface area contributed by atoms with Crippen molar-refractivity contribution in [3.05, 3.63) is 23.8 Å². The Morgan fingerprint density at radius 3 is 2.44 bits per heavy atom. The van der Waals surface area contributed by atoms with Gasteiger partial charge in [-0.3, -0.25) is 0 Å². The number of hydrogen-bond acceptors (Lipinski definition) is 3. The topological polar surface area (TPSA) is 36.3 Å². The van der Waals surface area contributed by atoms with Gasteiger partial charge in [0.05, 0.1) is 17.3 Å². The molecule has 0 spiro atoms. The summed E-state index contributed by atoms with van der Waals surface area (Å²) in [5, 5.41) is 8.72. The summed E-state index contributed by atoms with van der Waals surface area (Å²) >= 11 is 0. The van der Waals surface area contributed by atoms with Gasteiger partial charge < -0.3 is 9.64 Å². The maximum atomic E-state index is 12.3. The van der Waals surface area contributed by atoms with E-state index in [0.29, 0.717) is 18.8 Å². The van der Waals surface area contributed by atoms with Gasteiger partial charge in [-0.15, -0.1) is 13.2 Å². The number of anilines is 1. The van der Waals surface area contributed by atoms with Crippen LogP contribution in [0.2, 0.25) is 0 Å². The summed E-state index contributed by atoms with van der Waals surface area (Å²) in [6.07, 6.45) is -2.85. The first-order valence-electron chi connectivity index (χ1n) is 5.54. The molecule has 1 fully saturated rings. The molecule has 0 saturated carbocycles. The van der Waals surface area contributed by atoms with E-state index < -0.39 is 6.36 Å². The molecule has 1 aliphatic rings. The first kappa shape index (κ1) is 12.6. The zero-order valence-corrected chi connectivity index (χ0v) is 9.50. The third-order valence-corrected chi connectivity index (χ3v) is 2.76. The first-order chi connectivity index (χ1) is 8.49. The average Bonchev–Trinajstić information content (AvgIpc) is 2.80. The van der Waals surface area contributed by atoms with Crippen LogP contribution in [0.5, 0.6) is 5.75 Å². The van der Waals surface area contributed by atoms with Crippen LogP contribution in [0.4, 0.5) is 18.9 Å². The van der Waals surface area contributed by atoms with Crippen LogP contribution in [0.1, 0.15) is 18.4 Å². The molecule has 0 unspecified atom stereocenters. The molecule has 0 bridgehead atoms. The minimum absolute atomic E-state index is 0.150. The number of alkyl halides is 3. The van der Waals surface area contributed by atoms with E-state index >= 15 is 0 Å². The van der Waals surface area contributed by atoms with E-state index in [1.807, 2.05) is 4.90 Å². The molecule has 0 radical (unpaired) electrons. The predicted octanol–water partition coefficient (Wildman–Crippen LogP) is 3.06. The van der Waals surface area contributed by atoms with Gasteiger partial charge in [0.1, 0.15) is 0 Å². The molecular formula is C12H11F3N2O. The second-order valence-corrected chi connectivity index (χ2v) is 4.04. The van der Waals surface area contributed by atoms with E-state index in [0.717, 1.165) is 18.9 Å². The number of nitrogens with zero attached hydrogens (tertiary/aromatic N) is 2. The highest BCUT2D eigenvalue weighted by Gasteiger charge is 2.33. The van der Waals surface area contributed by atoms with E-state index in [-0.39, 0.29) is 11.3 Å². The van der Waals surface area contributed by atoms with Crippen LogP contribution in [-0.2, 0) is 0 Å². The molecule has 1 aromatic carbocycles. The van der Waals surface area contributed by atoms with Crippen LogP contribution in [0, 0.1) is 11.3 Å². The summed E-state index contributed by atoms with van der Waals surface area (Å²) in [5.41, 5.74) is 0.543. The standard InChI is InChI=1S/C12H11F3N2O/c13-12(14,15)18-11-7-9(8-16)3-4-10(11)17-5-1-2-6-17/h3-4,7H,1-2,5-6H2. The summed E-state index contributed by atoms with van der Waals surface area (Å²) in [4.78, 5) is 1.84. The van der Waals surface area contributed by atoms with Crippen molar-refractivity contribution >= 4 is 5.69 Å². The van der Waals surface area contributed by atoms with Crippen LogP contribution in [0.15, 0.2) is 18.2 Å². The fourth-order valence-corrected chi connectivity index (χ4v) is 2.01. The van der Waals surface area contributed by atoms with Crippen LogP contribution in [-0.4, -0.2) is 19.5 Å². The summed E-state index contributed by atoms with van der Waals surface area (Å²) in [5.74, 6) is -0.302. The minimum atomic E-state index is -4.75. The lowest BCUT2D eigenvalue weighted by Gasteiger charge is -2.22. The summed E-state index contributed by atoms with van der Waals surface area (Å²) in [6, 6.07) is 5.93. The molecule has 0 aliphatic carbocycles. The van der Waals surface area contributed by atoms with Gasteiger partial charge in [-0.25, -0.2) is 0 Å². The molecule has 96 valence electrons. The first-order valence-corrected chi connectivity index (χ1v) is 5.54. The predicted molar refractivity (Wildman–Crippen MR) is 59.3 cm³/mol. The average molecular weight is 256 g/mol. The SMILES string of the molecule is N#Cc1ccc(N2CCCC2)c(OC(F)(F)F)c1. The molecule has 1 aliphatic heterocycles. The van der Waals surface area contributed by atoms with Crippen molar-refractivity contribution in [1.82, 2.24) is 0 Å². The lowest BCUT2D eigenvalue weighted by Crippen LogP contribution is -2.22. The molecule has 2 rings (SSSR count). The molecule has 18 heavy (non-hydrogen) atoms. The smallest absolute Gasteiger partial charge is 0.404 e. The minimum Gasteiger partial charge on any atom is -0.404 e. The monoisotopic (exact) mass is 256 g/mol. The number of nitriles is 1. The Morgan fingerprint density at radius 1 is 1.22 bits per heavy atom.